The maximum atomic E-state index is 13.4. The molecular formula is C18H17FN4O4. The molecule has 2 aromatic heterocycles. The van der Waals surface area contributed by atoms with E-state index in [1.807, 2.05) is 0 Å². The number of hydrogen-bond acceptors (Lipinski definition) is 5. The van der Waals surface area contributed by atoms with Gasteiger partial charge in [-0.1, -0.05) is 12.1 Å². The molecule has 9 heteroatoms. The molecule has 0 aliphatic rings. The van der Waals surface area contributed by atoms with E-state index in [2.05, 4.69) is 10.3 Å². The maximum absolute atomic E-state index is 13.4. The molecule has 0 aliphatic carbocycles. The van der Waals surface area contributed by atoms with Gasteiger partial charge in [0.25, 0.3) is 11.5 Å². The van der Waals surface area contributed by atoms with Crippen LogP contribution in [0.2, 0.25) is 0 Å². The molecule has 2 heterocycles. The van der Waals surface area contributed by atoms with Crippen molar-refractivity contribution in [3.8, 4) is 5.75 Å². The zero-order chi connectivity index (χ0) is 19.6. The Balaban J connectivity index is 1.72. The van der Waals surface area contributed by atoms with Crippen LogP contribution in [0.5, 0.6) is 5.75 Å². The summed E-state index contributed by atoms with van der Waals surface area (Å²) in [5, 5.41) is 2.77. The minimum absolute atomic E-state index is 0.0734. The summed E-state index contributed by atoms with van der Waals surface area (Å²) in [4.78, 5) is 40.5. The summed E-state index contributed by atoms with van der Waals surface area (Å²) in [5.41, 5.74) is -0.660. The number of aryl methyl sites for hydroxylation is 1. The molecular weight excluding hydrogens is 355 g/mol. The van der Waals surface area contributed by atoms with E-state index in [1.165, 1.54) is 43.1 Å². The third-order valence-electron chi connectivity index (χ3n) is 4.04. The number of nitrogens with zero attached hydrogens (tertiary/aromatic N) is 3. The van der Waals surface area contributed by atoms with Gasteiger partial charge < -0.3 is 10.1 Å². The molecule has 0 radical (unpaired) electrons. The molecule has 0 aliphatic heterocycles. The third-order valence-corrected chi connectivity index (χ3v) is 4.04. The number of rotatable bonds is 5. The van der Waals surface area contributed by atoms with Crippen LogP contribution in [-0.4, -0.2) is 33.2 Å². The number of aromatic nitrogens is 3. The Morgan fingerprint density at radius 3 is 2.70 bits per heavy atom. The van der Waals surface area contributed by atoms with Crippen molar-refractivity contribution in [3.05, 3.63) is 68.7 Å². The smallest absolute Gasteiger partial charge is 0.332 e. The molecule has 1 aromatic carbocycles. The van der Waals surface area contributed by atoms with E-state index in [0.717, 1.165) is 4.57 Å². The van der Waals surface area contributed by atoms with Gasteiger partial charge >= 0.3 is 5.69 Å². The Labute approximate surface area is 152 Å². The van der Waals surface area contributed by atoms with Crippen LogP contribution in [0.1, 0.15) is 10.4 Å². The van der Waals surface area contributed by atoms with Gasteiger partial charge in [-0.15, -0.1) is 0 Å². The van der Waals surface area contributed by atoms with Gasteiger partial charge in [-0.2, -0.15) is 0 Å². The standard InChI is InChI=1S/C18H17FN4O4/c1-22-15-12(17(25)23(2)18(22)26)9-11(10-21-15)16(24)20-7-8-27-14-6-4-3-5-13(14)19/h3-6,9-10H,7-8H2,1-2H3,(H,20,24). The van der Waals surface area contributed by atoms with E-state index in [1.54, 1.807) is 12.1 Å². The highest BCUT2D eigenvalue weighted by Crippen LogP contribution is 2.14. The average Bonchev–Trinajstić information content (AvgIpc) is 2.68. The van der Waals surface area contributed by atoms with E-state index >= 15 is 0 Å². The van der Waals surface area contributed by atoms with Crippen molar-refractivity contribution in [1.82, 2.24) is 19.4 Å². The number of benzene rings is 1. The Morgan fingerprint density at radius 2 is 1.96 bits per heavy atom. The Hall–Kier alpha value is -3.49. The van der Waals surface area contributed by atoms with Gasteiger partial charge in [0.2, 0.25) is 0 Å². The monoisotopic (exact) mass is 372 g/mol. The molecule has 0 unspecified atom stereocenters. The molecule has 1 amide bonds. The molecule has 0 fully saturated rings. The number of fused-ring (bicyclic) bond motifs is 1. The fourth-order valence-electron chi connectivity index (χ4n) is 2.58. The maximum Gasteiger partial charge on any atom is 0.332 e. The molecule has 1 N–H and O–H groups in total. The second-order valence-corrected chi connectivity index (χ2v) is 5.84. The zero-order valence-electron chi connectivity index (χ0n) is 14.7. The Bertz CT molecular complexity index is 1140. The van der Waals surface area contributed by atoms with Crippen molar-refractivity contribution in [2.75, 3.05) is 13.2 Å². The summed E-state index contributed by atoms with van der Waals surface area (Å²) in [5.74, 6) is -0.843. The van der Waals surface area contributed by atoms with Crippen molar-refractivity contribution >= 4 is 16.9 Å². The number of halogens is 1. The van der Waals surface area contributed by atoms with E-state index in [0.29, 0.717) is 0 Å². The summed E-state index contributed by atoms with van der Waals surface area (Å²) in [6, 6.07) is 7.35. The van der Waals surface area contributed by atoms with E-state index < -0.39 is 23.0 Å². The quantitative estimate of drug-likeness (QED) is 0.661. The summed E-state index contributed by atoms with van der Waals surface area (Å²) in [7, 11) is 2.85. The molecule has 140 valence electrons. The van der Waals surface area contributed by atoms with Crippen LogP contribution in [0.25, 0.3) is 11.0 Å². The number of para-hydroxylation sites is 1. The lowest BCUT2D eigenvalue weighted by atomic mass is 10.2. The largest absolute Gasteiger partial charge is 0.489 e. The van der Waals surface area contributed by atoms with Crippen LogP contribution >= 0.6 is 0 Å². The van der Waals surface area contributed by atoms with E-state index in [4.69, 9.17) is 4.74 Å². The van der Waals surface area contributed by atoms with Crippen molar-refractivity contribution < 1.29 is 13.9 Å². The number of carbonyl (C=O) groups is 1. The molecule has 0 bridgehead atoms. The molecule has 8 nitrogen and oxygen atoms in total. The Kier molecular flexibility index (Phi) is 5.02. The fraction of sp³-hybridized carbons (Fsp3) is 0.222. The molecule has 0 saturated heterocycles. The highest BCUT2D eigenvalue weighted by atomic mass is 19.1. The third kappa shape index (κ3) is 3.57. The normalized spacial score (nSPS) is 10.8. The minimum Gasteiger partial charge on any atom is -0.489 e. The number of pyridine rings is 1. The van der Waals surface area contributed by atoms with Crippen molar-refractivity contribution in [2.45, 2.75) is 0 Å². The molecule has 0 spiro atoms. The zero-order valence-corrected chi connectivity index (χ0v) is 14.7. The van der Waals surface area contributed by atoms with Gasteiger partial charge in [0.15, 0.2) is 11.6 Å². The lowest BCUT2D eigenvalue weighted by molar-refractivity contribution is 0.0946. The van der Waals surface area contributed by atoms with Gasteiger partial charge in [0, 0.05) is 20.3 Å². The molecule has 27 heavy (non-hydrogen) atoms. The highest BCUT2D eigenvalue weighted by Gasteiger charge is 2.13. The highest BCUT2D eigenvalue weighted by molar-refractivity contribution is 5.96. The predicted octanol–water partition coefficient (Wildman–Crippen LogP) is 0.580. The van der Waals surface area contributed by atoms with Gasteiger partial charge in [0.1, 0.15) is 12.3 Å². The average molecular weight is 372 g/mol. The van der Waals surface area contributed by atoms with Gasteiger partial charge in [0.05, 0.1) is 17.5 Å². The van der Waals surface area contributed by atoms with Crippen LogP contribution in [0.3, 0.4) is 0 Å². The van der Waals surface area contributed by atoms with Gasteiger partial charge in [-0.3, -0.25) is 18.7 Å². The second-order valence-electron chi connectivity index (χ2n) is 5.84. The second kappa shape index (κ2) is 7.40. The first-order valence-corrected chi connectivity index (χ1v) is 8.11. The lowest BCUT2D eigenvalue weighted by Gasteiger charge is -2.10. The first kappa shape index (κ1) is 18.3. The lowest BCUT2D eigenvalue weighted by Crippen LogP contribution is -2.37. The SMILES string of the molecule is Cn1c(=O)c2cc(C(=O)NCCOc3ccccc3F)cnc2n(C)c1=O. The van der Waals surface area contributed by atoms with Gasteiger partial charge in [-0.25, -0.2) is 14.2 Å². The topological polar surface area (TPSA) is 95.2 Å². The molecule has 3 aromatic rings. The van der Waals surface area contributed by atoms with E-state index in [9.17, 15) is 18.8 Å². The van der Waals surface area contributed by atoms with Crippen molar-refractivity contribution in [3.63, 3.8) is 0 Å². The fourth-order valence-corrected chi connectivity index (χ4v) is 2.58. The Morgan fingerprint density at radius 1 is 1.22 bits per heavy atom. The van der Waals surface area contributed by atoms with Crippen LogP contribution in [-0.2, 0) is 14.1 Å². The minimum atomic E-state index is -0.530. The number of hydrogen-bond donors (Lipinski definition) is 1. The number of amides is 1. The molecule has 0 atom stereocenters. The van der Waals surface area contributed by atoms with Crippen molar-refractivity contribution in [1.29, 1.82) is 0 Å². The predicted molar refractivity (Wildman–Crippen MR) is 96.5 cm³/mol. The summed E-state index contributed by atoms with van der Waals surface area (Å²) >= 11 is 0. The van der Waals surface area contributed by atoms with Gasteiger partial charge in [-0.05, 0) is 18.2 Å². The van der Waals surface area contributed by atoms with Crippen LogP contribution < -0.4 is 21.3 Å². The van der Waals surface area contributed by atoms with Crippen LogP contribution in [0, 0.1) is 5.82 Å². The van der Waals surface area contributed by atoms with Crippen LogP contribution in [0.4, 0.5) is 4.39 Å². The number of carbonyl (C=O) groups excluding carboxylic acids is 1. The van der Waals surface area contributed by atoms with Crippen molar-refractivity contribution in [2.24, 2.45) is 14.1 Å². The molecule has 0 saturated carbocycles. The van der Waals surface area contributed by atoms with E-state index in [-0.39, 0.29) is 35.5 Å². The van der Waals surface area contributed by atoms with Crippen LogP contribution in [0.15, 0.2) is 46.1 Å². The number of nitrogens with one attached hydrogen (secondary N) is 1. The first-order chi connectivity index (χ1) is 12.9. The summed E-state index contributed by atoms with van der Waals surface area (Å²) < 4.78 is 20.9. The summed E-state index contributed by atoms with van der Waals surface area (Å²) in [6.07, 6.45) is 1.29. The summed E-state index contributed by atoms with van der Waals surface area (Å²) in [6.45, 7) is 0.209. The number of ether oxygens (including phenoxy) is 1. The first-order valence-electron chi connectivity index (χ1n) is 8.11. The molecule has 3 rings (SSSR count).